The number of methoxy groups -OCH3 is 1. The molecular weight excluding hydrogens is 440 g/mol. The highest BCUT2D eigenvalue weighted by Crippen LogP contribution is 2.35. The molecular formula is C28H32N4O3. The Bertz CT molecular complexity index is 1180. The molecule has 0 spiro atoms. The third-order valence-electron chi connectivity index (χ3n) is 6.39. The predicted octanol–water partition coefficient (Wildman–Crippen LogP) is 3.30. The fourth-order valence-electron chi connectivity index (χ4n) is 4.46. The molecule has 4 rings (SSSR count). The van der Waals surface area contributed by atoms with Crippen LogP contribution in [0.25, 0.3) is 0 Å². The molecule has 7 nitrogen and oxygen atoms in total. The zero-order valence-corrected chi connectivity index (χ0v) is 20.5. The smallest absolute Gasteiger partial charge is 0.309 e. The van der Waals surface area contributed by atoms with Gasteiger partial charge in [0.2, 0.25) is 0 Å². The van der Waals surface area contributed by atoms with E-state index in [0.717, 1.165) is 29.8 Å². The average molecular weight is 473 g/mol. The molecule has 182 valence electrons. The van der Waals surface area contributed by atoms with Crippen LogP contribution in [0.4, 0.5) is 11.4 Å². The summed E-state index contributed by atoms with van der Waals surface area (Å²) in [7, 11) is 5.59. The summed E-state index contributed by atoms with van der Waals surface area (Å²) in [5.41, 5.74) is 5.46. The lowest BCUT2D eigenvalue weighted by molar-refractivity contribution is -0.139. The van der Waals surface area contributed by atoms with Crippen LogP contribution in [-0.2, 0) is 22.6 Å². The van der Waals surface area contributed by atoms with Crippen molar-refractivity contribution in [1.29, 1.82) is 0 Å². The molecule has 0 aromatic heterocycles. The van der Waals surface area contributed by atoms with Crippen molar-refractivity contribution in [2.24, 2.45) is 0 Å². The molecule has 1 aliphatic rings. The second-order valence-corrected chi connectivity index (χ2v) is 8.78. The zero-order chi connectivity index (χ0) is 24.8. The minimum Gasteiger partial charge on any atom is -0.496 e. The fraction of sp³-hybridized carbons (Fsp3) is 0.286. The number of amides is 2. The Morgan fingerprint density at radius 1 is 0.943 bits per heavy atom. The van der Waals surface area contributed by atoms with Crippen LogP contribution in [0.2, 0.25) is 0 Å². The standard InChI is InChI=1S/C28H32N4O3/c1-31(2)23-14-12-21(13-15-23)25(32-17-16-20-8-4-6-10-24(20)32)19-30-28(34)27(33)29-18-22-9-5-7-11-26(22)35-3/h4-15,25H,16-19H2,1-3H3,(H,29,33)(H,30,34). The minimum atomic E-state index is -0.667. The molecule has 3 aromatic rings. The normalized spacial score (nSPS) is 13.1. The van der Waals surface area contributed by atoms with E-state index in [0.29, 0.717) is 12.3 Å². The minimum absolute atomic E-state index is 0.0965. The van der Waals surface area contributed by atoms with E-state index in [1.54, 1.807) is 7.11 Å². The molecule has 1 heterocycles. The quantitative estimate of drug-likeness (QED) is 0.492. The lowest BCUT2D eigenvalue weighted by Crippen LogP contribution is -2.44. The Morgan fingerprint density at radius 3 is 2.37 bits per heavy atom. The molecule has 1 atom stereocenters. The predicted molar refractivity (Wildman–Crippen MR) is 139 cm³/mol. The maximum atomic E-state index is 12.7. The number of hydrogen-bond acceptors (Lipinski definition) is 5. The van der Waals surface area contributed by atoms with Crippen molar-refractivity contribution in [1.82, 2.24) is 10.6 Å². The Morgan fingerprint density at radius 2 is 1.63 bits per heavy atom. The van der Waals surface area contributed by atoms with E-state index in [2.05, 4.69) is 62.9 Å². The van der Waals surface area contributed by atoms with Gasteiger partial charge in [0, 0.05) is 50.7 Å². The average Bonchev–Trinajstić information content (AvgIpc) is 3.31. The van der Waals surface area contributed by atoms with Crippen LogP contribution in [0.15, 0.2) is 72.8 Å². The van der Waals surface area contributed by atoms with E-state index in [1.807, 2.05) is 44.4 Å². The molecule has 0 saturated heterocycles. The number of para-hydroxylation sites is 2. The number of rotatable bonds is 8. The van der Waals surface area contributed by atoms with Gasteiger partial charge in [-0.3, -0.25) is 9.59 Å². The molecule has 0 radical (unpaired) electrons. The third-order valence-corrected chi connectivity index (χ3v) is 6.39. The maximum Gasteiger partial charge on any atom is 0.309 e. The second kappa shape index (κ2) is 11.0. The number of carbonyl (C=O) groups excluding carboxylic acids is 2. The van der Waals surface area contributed by atoms with E-state index in [1.165, 1.54) is 11.3 Å². The van der Waals surface area contributed by atoms with Crippen LogP contribution in [0.1, 0.15) is 22.7 Å². The first-order valence-electron chi connectivity index (χ1n) is 11.8. The molecule has 0 fully saturated rings. The third kappa shape index (κ3) is 5.57. The summed E-state index contributed by atoms with van der Waals surface area (Å²) < 4.78 is 5.31. The Balaban J connectivity index is 1.46. The van der Waals surface area contributed by atoms with Crippen molar-refractivity contribution >= 4 is 23.2 Å². The first-order chi connectivity index (χ1) is 17.0. The number of carbonyl (C=O) groups is 2. The van der Waals surface area contributed by atoms with Gasteiger partial charge >= 0.3 is 11.8 Å². The van der Waals surface area contributed by atoms with E-state index >= 15 is 0 Å². The summed E-state index contributed by atoms with van der Waals surface area (Å²) in [6, 6.07) is 24.0. The van der Waals surface area contributed by atoms with Gasteiger partial charge in [-0.05, 0) is 41.8 Å². The topological polar surface area (TPSA) is 73.9 Å². The number of benzene rings is 3. The maximum absolute atomic E-state index is 12.7. The number of ether oxygens (including phenoxy) is 1. The second-order valence-electron chi connectivity index (χ2n) is 8.78. The zero-order valence-electron chi connectivity index (χ0n) is 20.5. The van der Waals surface area contributed by atoms with Gasteiger partial charge in [0.25, 0.3) is 0 Å². The first kappa shape index (κ1) is 24.1. The molecule has 7 heteroatoms. The number of nitrogens with one attached hydrogen (secondary N) is 2. The molecule has 2 amide bonds. The number of hydrogen-bond donors (Lipinski definition) is 2. The Labute approximate surface area is 206 Å². The van der Waals surface area contributed by atoms with Crippen molar-refractivity contribution in [3.63, 3.8) is 0 Å². The molecule has 0 aliphatic carbocycles. The van der Waals surface area contributed by atoms with Crippen LogP contribution >= 0.6 is 0 Å². The van der Waals surface area contributed by atoms with Crippen molar-refractivity contribution in [3.8, 4) is 5.75 Å². The first-order valence-corrected chi connectivity index (χ1v) is 11.8. The highest BCUT2D eigenvalue weighted by Gasteiger charge is 2.28. The molecule has 0 saturated carbocycles. The van der Waals surface area contributed by atoms with Gasteiger partial charge in [0.1, 0.15) is 5.75 Å². The number of nitrogens with zero attached hydrogens (tertiary/aromatic N) is 2. The van der Waals surface area contributed by atoms with Crippen LogP contribution in [0.3, 0.4) is 0 Å². The Hall–Kier alpha value is -4.00. The Kier molecular flexibility index (Phi) is 7.55. The summed E-state index contributed by atoms with van der Waals surface area (Å²) in [6.07, 6.45) is 0.954. The lowest BCUT2D eigenvalue weighted by Gasteiger charge is -2.31. The SMILES string of the molecule is COc1ccccc1CNC(=O)C(=O)NCC(c1ccc(N(C)C)cc1)N1CCc2ccccc21. The molecule has 1 unspecified atom stereocenters. The van der Waals surface area contributed by atoms with Gasteiger partial charge in [0.05, 0.1) is 13.2 Å². The van der Waals surface area contributed by atoms with Crippen molar-refractivity contribution in [3.05, 3.63) is 89.5 Å². The molecule has 1 aliphatic heterocycles. The summed E-state index contributed by atoms with van der Waals surface area (Å²) in [5, 5.41) is 5.55. The van der Waals surface area contributed by atoms with Crippen LogP contribution in [0.5, 0.6) is 5.75 Å². The van der Waals surface area contributed by atoms with E-state index in [9.17, 15) is 9.59 Å². The van der Waals surface area contributed by atoms with Gasteiger partial charge in [-0.2, -0.15) is 0 Å². The van der Waals surface area contributed by atoms with E-state index in [4.69, 9.17) is 4.74 Å². The van der Waals surface area contributed by atoms with Gasteiger partial charge < -0.3 is 25.2 Å². The van der Waals surface area contributed by atoms with Crippen LogP contribution in [-0.4, -0.2) is 46.1 Å². The van der Waals surface area contributed by atoms with Crippen LogP contribution < -0.4 is 25.2 Å². The van der Waals surface area contributed by atoms with Crippen LogP contribution in [0, 0.1) is 0 Å². The van der Waals surface area contributed by atoms with E-state index < -0.39 is 11.8 Å². The van der Waals surface area contributed by atoms with E-state index in [-0.39, 0.29) is 12.6 Å². The van der Waals surface area contributed by atoms with Crippen molar-refractivity contribution < 1.29 is 14.3 Å². The summed E-state index contributed by atoms with van der Waals surface area (Å²) in [4.78, 5) is 29.6. The van der Waals surface area contributed by atoms with Gasteiger partial charge in [0.15, 0.2) is 0 Å². The highest BCUT2D eigenvalue weighted by molar-refractivity contribution is 6.35. The molecule has 0 bridgehead atoms. The molecule has 2 N–H and O–H groups in total. The van der Waals surface area contributed by atoms with Crippen molar-refractivity contribution in [2.75, 3.05) is 44.1 Å². The monoisotopic (exact) mass is 472 g/mol. The largest absolute Gasteiger partial charge is 0.496 e. The summed E-state index contributed by atoms with van der Waals surface area (Å²) in [5.74, 6) is -0.649. The number of fused-ring (bicyclic) bond motifs is 1. The molecule has 35 heavy (non-hydrogen) atoms. The highest BCUT2D eigenvalue weighted by atomic mass is 16.5. The van der Waals surface area contributed by atoms with Gasteiger partial charge in [-0.15, -0.1) is 0 Å². The lowest BCUT2D eigenvalue weighted by atomic mass is 10.0. The fourth-order valence-corrected chi connectivity index (χ4v) is 4.46. The van der Waals surface area contributed by atoms with Gasteiger partial charge in [-0.1, -0.05) is 48.5 Å². The molecule has 3 aromatic carbocycles. The van der Waals surface area contributed by atoms with Gasteiger partial charge in [-0.25, -0.2) is 0 Å². The summed E-state index contributed by atoms with van der Waals surface area (Å²) in [6.45, 7) is 1.39. The number of anilines is 2. The summed E-state index contributed by atoms with van der Waals surface area (Å²) >= 11 is 0. The van der Waals surface area contributed by atoms with Crippen molar-refractivity contribution in [2.45, 2.75) is 19.0 Å².